The van der Waals surface area contributed by atoms with E-state index in [1.54, 1.807) is 18.3 Å². The average Bonchev–Trinajstić information content (AvgIpc) is 2.39. The fourth-order valence-corrected chi connectivity index (χ4v) is 2.26. The maximum absolute atomic E-state index is 12.0. The van der Waals surface area contributed by atoms with Crippen LogP contribution < -0.4 is 5.56 Å². The molecule has 0 fully saturated rings. The lowest BCUT2D eigenvalue weighted by atomic mass is 10.3. The second-order valence-electron chi connectivity index (χ2n) is 4.40. The number of hydrogen-bond donors (Lipinski definition) is 1. The summed E-state index contributed by atoms with van der Waals surface area (Å²) in [5.41, 5.74) is 0.753. The van der Waals surface area contributed by atoms with Gasteiger partial charge in [-0.05, 0) is 28.1 Å². The fourth-order valence-electron chi connectivity index (χ4n) is 1.92. The monoisotopic (exact) mass is 349 g/mol. The Balaban J connectivity index is 2.34. The van der Waals surface area contributed by atoms with Gasteiger partial charge < -0.3 is 5.11 Å². The maximum Gasteiger partial charge on any atom is 0.317 e. The van der Waals surface area contributed by atoms with Gasteiger partial charge in [0.2, 0.25) is 0 Å². The second kappa shape index (κ2) is 6.52. The molecule has 0 atom stereocenters. The van der Waals surface area contributed by atoms with E-state index < -0.39 is 5.97 Å². The van der Waals surface area contributed by atoms with E-state index in [1.807, 2.05) is 0 Å². The summed E-state index contributed by atoms with van der Waals surface area (Å²) in [5, 5.41) is 8.84. The Morgan fingerprint density at radius 2 is 2.29 bits per heavy atom. The quantitative estimate of drug-likeness (QED) is 0.814. The number of hydrogen-bond acceptors (Lipinski definition) is 4. The van der Waals surface area contributed by atoms with Gasteiger partial charge in [0.05, 0.1) is 18.8 Å². The zero-order chi connectivity index (χ0) is 15.4. The molecule has 0 amide bonds. The molecule has 0 radical (unpaired) electrons. The smallest absolute Gasteiger partial charge is 0.317 e. The number of carboxylic acid groups (broad SMARTS) is 1. The minimum Gasteiger partial charge on any atom is -0.480 e. The first kappa shape index (κ1) is 15.2. The van der Waals surface area contributed by atoms with Crippen molar-refractivity contribution in [3.05, 3.63) is 44.9 Å². The van der Waals surface area contributed by atoms with Crippen LogP contribution in [0.15, 0.2) is 33.7 Å². The van der Waals surface area contributed by atoms with Crippen LogP contribution in [0, 0.1) is 12.3 Å². The number of rotatable bonds is 5. The van der Waals surface area contributed by atoms with Crippen molar-refractivity contribution in [2.75, 3.05) is 13.1 Å². The van der Waals surface area contributed by atoms with Gasteiger partial charge in [0, 0.05) is 23.3 Å². The molecule has 0 saturated heterocycles. The number of terminal acetylenes is 1. The van der Waals surface area contributed by atoms with Crippen LogP contribution in [0.3, 0.4) is 0 Å². The first-order chi connectivity index (χ1) is 9.99. The molecule has 108 valence electrons. The Morgan fingerprint density at radius 3 is 2.95 bits per heavy atom. The molecular formula is C14H12BrN3O3. The molecule has 2 aromatic rings. The largest absolute Gasteiger partial charge is 0.480 e. The van der Waals surface area contributed by atoms with Crippen molar-refractivity contribution in [3.8, 4) is 12.3 Å². The Hall–Kier alpha value is -2.17. The van der Waals surface area contributed by atoms with Crippen molar-refractivity contribution < 1.29 is 9.90 Å². The molecule has 0 spiro atoms. The summed E-state index contributed by atoms with van der Waals surface area (Å²) in [6, 6.07) is 4.87. The minimum atomic E-state index is -0.980. The number of aliphatic carboxylic acids is 1. The second-order valence-corrected chi connectivity index (χ2v) is 5.32. The summed E-state index contributed by atoms with van der Waals surface area (Å²) in [4.78, 5) is 28.7. The van der Waals surface area contributed by atoms with E-state index in [1.165, 1.54) is 15.4 Å². The molecule has 2 heterocycles. The van der Waals surface area contributed by atoms with Crippen molar-refractivity contribution in [2.45, 2.75) is 6.54 Å². The Morgan fingerprint density at radius 1 is 1.52 bits per heavy atom. The van der Waals surface area contributed by atoms with Gasteiger partial charge in [0.25, 0.3) is 5.56 Å². The van der Waals surface area contributed by atoms with Gasteiger partial charge >= 0.3 is 5.97 Å². The third-order valence-electron chi connectivity index (χ3n) is 2.74. The third-order valence-corrected chi connectivity index (χ3v) is 3.21. The maximum atomic E-state index is 12.0. The highest BCUT2D eigenvalue weighted by Gasteiger charge is 2.11. The summed E-state index contributed by atoms with van der Waals surface area (Å²) >= 11 is 3.29. The standard InChI is InChI=1S/C14H12BrN3O3/c1-2-5-17(9-14(20)21)8-11-6-13(19)18-7-10(15)3-4-12(18)16-11/h1,3-4,6-7H,5,8-9H2,(H,20,21). The summed E-state index contributed by atoms with van der Waals surface area (Å²) < 4.78 is 2.18. The highest BCUT2D eigenvalue weighted by Crippen LogP contribution is 2.10. The first-order valence-corrected chi connectivity index (χ1v) is 6.84. The summed E-state index contributed by atoms with van der Waals surface area (Å²) in [7, 11) is 0. The number of aromatic nitrogens is 2. The number of carboxylic acids is 1. The summed E-state index contributed by atoms with van der Waals surface area (Å²) in [5.74, 6) is 1.42. The van der Waals surface area contributed by atoms with E-state index in [2.05, 4.69) is 26.8 Å². The normalized spacial score (nSPS) is 10.7. The lowest BCUT2D eigenvalue weighted by Gasteiger charge is -2.16. The van der Waals surface area contributed by atoms with Gasteiger partial charge in [-0.15, -0.1) is 6.42 Å². The van der Waals surface area contributed by atoms with Crippen LogP contribution in [0.4, 0.5) is 0 Å². The Kier molecular flexibility index (Phi) is 4.73. The molecule has 2 aromatic heterocycles. The highest BCUT2D eigenvalue weighted by atomic mass is 79.9. The molecule has 6 nitrogen and oxygen atoms in total. The Bertz CT molecular complexity index is 779. The molecule has 1 N–H and O–H groups in total. The predicted molar refractivity (Wildman–Crippen MR) is 80.9 cm³/mol. The van der Waals surface area contributed by atoms with E-state index in [0.29, 0.717) is 11.3 Å². The van der Waals surface area contributed by atoms with Gasteiger partial charge in [-0.2, -0.15) is 0 Å². The molecule has 0 aliphatic rings. The van der Waals surface area contributed by atoms with E-state index in [9.17, 15) is 9.59 Å². The van der Waals surface area contributed by atoms with Crippen molar-refractivity contribution in [1.29, 1.82) is 0 Å². The Labute approximate surface area is 129 Å². The third kappa shape index (κ3) is 3.90. The minimum absolute atomic E-state index is 0.174. The fraction of sp³-hybridized carbons (Fsp3) is 0.214. The van der Waals surface area contributed by atoms with E-state index in [-0.39, 0.29) is 25.2 Å². The van der Waals surface area contributed by atoms with Gasteiger partial charge in [0.15, 0.2) is 0 Å². The predicted octanol–water partition coefficient (Wildman–Crippen LogP) is 0.977. The van der Waals surface area contributed by atoms with E-state index >= 15 is 0 Å². The van der Waals surface area contributed by atoms with Crippen LogP contribution in [0.2, 0.25) is 0 Å². The van der Waals surface area contributed by atoms with Gasteiger partial charge in [-0.1, -0.05) is 5.92 Å². The molecule has 0 aliphatic carbocycles. The number of fused-ring (bicyclic) bond motifs is 1. The molecule has 0 aromatic carbocycles. The molecule has 21 heavy (non-hydrogen) atoms. The molecule has 0 unspecified atom stereocenters. The van der Waals surface area contributed by atoms with Crippen molar-refractivity contribution in [2.24, 2.45) is 0 Å². The van der Waals surface area contributed by atoms with Crippen LogP contribution >= 0.6 is 15.9 Å². The molecule has 0 aliphatic heterocycles. The molecule has 2 rings (SSSR count). The van der Waals surface area contributed by atoms with Crippen LogP contribution in [-0.4, -0.2) is 38.4 Å². The average molecular weight is 350 g/mol. The van der Waals surface area contributed by atoms with Crippen LogP contribution in [-0.2, 0) is 11.3 Å². The van der Waals surface area contributed by atoms with Crippen molar-refractivity contribution in [3.63, 3.8) is 0 Å². The number of halogens is 1. The van der Waals surface area contributed by atoms with Crippen LogP contribution in [0.1, 0.15) is 5.69 Å². The van der Waals surface area contributed by atoms with Crippen molar-refractivity contribution >= 4 is 27.5 Å². The van der Waals surface area contributed by atoms with Crippen LogP contribution in [0.25, 0.3) is 5.65 Å². The molecule has 0 saturated carbocycles. The van der Waals surface area contributed by atoms with Gasteiger partial charge in [0.1, 0.15) is 5.65 Å². The lowest BCUT2D eigenvalue weighted by Crippen LogP contribution is -2.31. The highest BCUT2D eigenvalue weighted by molar-refractivity contribution is 9.10. The van der Waals surface area contributed by atoms with E-state index in [0.717, 1.165) is 4.47 Å². The van der Waals surface area contributed by atoms with Gasteiger partial charge in [-0.25, -0.2) is 4.98 Å². The number of pyridine rings is 1. The summed E-state index contributed by atoms with van der Waals surface area (Å²) in [6.07, 6.45) is 6.85. The van der Waals surface area contributed by atoms with Gasteiger partial charge in [-0.3, -0.25) is 18.9 Å². The number of carbonyl (C=O) groups is 1. The first-order valence-electron chi connectivity index (χ1n) is 6.05. The lowest BCUT2D eigenvalue weighted by molar-refractivity contribution is -0.138. The van der Waals surface area contributed by atoms with Crippen LogP contribution in [0.5, 0.6) is 0 Å². The SMILES string of the molecule is C#CCN(CC(=O)O)Cc1cc(=O)n2cc(Br)ccc2n1. The molecule has 7 heteroatoms. The van der Waals surface area contributed by atoms with E-state index in [4.69, 9.17) is 11.5 Å². The summed E-state index contributed by atoms with van der Waals surface area (Å²) in [6.45, 7) is 0.178. The number of nitrogens with zero attached hydrogens (tertiary/aromatic N) is 3. The molecule has 0 bridgehead atoms. The van der Waals surface area contributed by atoms with Crippen molar-refractivity contribution in [1.82, 2.24) is 14.3 Å². The topological polar surface area (TPSA) is 74.9 Å². The molecular weight excluding hydrogens is 338 g/mol. The zero-order valence-electron chi connectivity index (χ0n) is 11.0. The zero-order valence-corrected chi connectivity index (χ0v) is 12.6.